The molecule has 2 aromatic rings. The summed E-state index contributed by atoms with van der Waals surface area (Å²) >= 11 is 0. The first-order valence-corrected chi connectivity index (χ1v) is 8.63. The van der Waals surface area contributed by atoms with E-state index in [1.54, 1.807) is 0 Å². The summed E-state index contributed by atoms with van der Waals surface area (Å²) in [5, 5.41) is 6.07. The molecule has 2 heterocycles. The van der Waals surface area contributed by atoms with Crippen LogP contribution in [0.1, 0.15) is 23.1 Å². The van der Waals surface area contributed by atoms with Crippen molar-refractivity contribution >= 4 is 29.7 Å². The van der Waals surface area contributed by atoms with Crippen LogP contribution in [0.2, 0.25) is 0 Å². The van der Waals surface area contributed by atoms with E-state index in [1.165, 1.54) is 10.5 Å². The summed E-state index contributed by atoms with van der Waals surface area (Å²) in [6.07, 6.45) is 3.15. The normalized spacial score (nSPS) is 15.6. The Labute approximate surface area is 162 Å². The number of anilines is 1. The standard InChI is InChI=1S/C20H19F2N3O.ClH/c21-18-5-6-19(22)17-12-25(11-16(17)18)20(26)24-15-3-1-13(2-4-15)14-7-9-23-10-8-14;/h1-7,23H,8-12H2,(H,24,26);1H. The molecule has 0 saturated heterocycles. The molecule has 0 radical (unpaired) electrons. The Bertz CT molecular complexity index is 853. The second-order valence-electron chi connectivity index (χ2n) is 6.53. The van der Waals surface area contributed by atoms with Crippen molar-refractivity contribution < 1.29 is 13.6 Å². The lowest BCUT2D eigenvalue weighted by molar-refractivity contribution is 0.212. The van der Waals surface area contributed by atoms with Gasteiger partial charge < -0.3 is 15.5 Å². The number of benzene rings is 2. The van der Waals surface area contributed by atoms with Gasteiger partial charge in [-0.25, -0.2) is 13.6 Å². The molecule has 0 spiro atoms. The predicted molar refractivity (Wildman–Crippen MR) is 104 cm³/mol. The van der Waals surface area contributed by atoms with Gasteiger partial charge in [0.1, 0.15) is 11.6 Å². The van der Waals surface area contributed by atoms with Gasteiger partial charge in [0.2, 0.25) is 0 Å². The summed E-state index contributed by atoms with van der Waals surface area (Å²) in [7, 11) is 0. The number of nitrogens with one attached hydrogen (secondary N) is 2. The highest BCUT2D eigenvalue weighted by Crippen LogP contribution is 2.28. The van der Waals surface area contributed by atoms with E-state index in [4.69, 9.17) is 0 Å². The average Bonchev–Trinajstić information content (AvgIpc) is 3.13. The number of hydrogen-bond acceptors (Lipinski definition) is 2. The zero-order valence-corrected chi connectivity index (χ0v) is 15.4. The minimum atomic E-state index is -0.476. The number of carbonyl (C=O) groups is 1. The van der Waals surface area contributed by atoms with Gasteiger partial charge in [-0.3, -0.25) is 0 Å². The molecule has 0 atom stereocenters. The summed E-state index contributed by atoms with van der Waals surface area (Å²) in [6, 6.07) is 9.48. The fourth-order valence-electron chi connectivity index (χ4n) is 3.41. The first kappa shape index (κ1) is 19.3. The highest BCUT2D eigenvalue weighted by molar-refractivity contribution is 5.90. The molecule has 0 fully saturated rings. The number of halogens is 3. The number of urea groups is 1. The van der Waals surface area contributed by atoms with Crippen LogP contribution in [0.25, 0.3) is 5.57 Å². The van der Waals surface area contributed by atoms with Crippen LogP contribution in [0.5, 0.6) is 0 Å². The molecule has 4 rings (SSSR count). The van der Waals surface area contributed by atoms with Crippen LogP contribution < -0.4 is 10.6 Å². The van der Waals surface area contributed by atoms with Crippen molar-refractivity contribution in [3.05, 3.63) is 70.8 Å². The zero-order valence-electron chi connectivity index (χ0n) is 14.6. The minimum Gasteiger partial charge on any atom is -0.316 e. The summed E-state index contributed by atoms with van der Waals surface area (Å²) in [4.78, 5) is 13.8. The molecular weight excluding hydrogens is 372 g/mol. The van der Waals surface area contributed by atoms with Crippen molar-refractivity contribution in [2.45, 2.75) is 19.5 Å². The predicted octanol–water partition coefficient (Wildman–Crippen LogP) is 4.31. The van der Waals surface area contributed by atoms with E-state index in [9.17, 15) is 13.6 Å². The maximum atomic E-state index is 13.8. The molecule has 2 aliphatic rings. The maximum Gasteiger partial charge on any atom is 0.322 e. The second-order valence-corrected chi connectivity index (χ2v) is 6.53. The average molecular weight is 392 g/mol. The van der Waals surface area contributed by atoms with E-state index in [0.717, 1.165) is 37.2 Å². The molecule has 2 aromatic carbocycles. The summed E-state index contributed by atoms with van der Waals surface area (Å²) in [6.45, 7) is 1.98. The van der Waals surface area contributed by atoms with Gasteiger partial charge >= 0.3 is 6.03 Å². The van der Waals surface area contributed by atoms with Gasteiger partial charge in [-0.15, -0.1) is 12.4 Å². The van der Waals surface area contributed by atoms with Crippen molar-refractivity contribution in [1.82, 2.24) is 10.2 Å². The van der Waals surface area contributed by atoms with Crippen molar-refractivity contribution in [2.24, 2.45) is 0 Å². The molecule has 7 heteroatoms. The lowest BCUT2D eigenvalue weighted by Crippen LogP contribution is -2.30. The van der Waals surface area contributed by atoms with Crippen molar-refractivity contribution in [3.8, 4) is 0 Å². The van der Waals surface area contributed by atoms with E-state index >= 15 is 0 Å². The second kappa shape index (κ2) is 8.06. The van der Waals surface area contributed by atoms with E-state index in [2.05, 4.69) is 16.7 Å². The van der Waals surface area contributed by atoms with Gasteiger partial charge in [0, 0.05) is 23.4 Å². The van der Waals surface area contributed by atoms with Crippen LogP contribution in [-0.4, -0.2) is 24.0 Å². The van der Waals surface area contributed by atoms with Crippen LogP contribution in [0.4, 0.5) is 19.3 Å². The molecular formula is C20H20ClF2N3O. The number of nitrogens with zero attached hydrogens (tertiary/aromatic N) is 1. The number of carbonyl (C=O) groups excluding carboxylic acids is 1. The summed E-state index contributed by atoms with van der Waals surface area (Å²) in [5.41, 5.74) is 3.61. The first-order valence-electron chi connectivity index (χ1n) is 8.63. The van der Waals surface area contributed by atoms with Crippen LogP contribution in [-0.2, 0) is 13.1 Å². The molecule has 0 aliphatic carbocycles. The molecule has 0 saturated carbocycles. The van der Waals surface area contributed by atoms with Crippen molar-refractivity contribution in [1.29, 1.82) is 0 Å². The molecule has 2 amide bonds. The SMILES string of the molecule is Cl.O=C(Nc1ccc(C2=CCNCC2)cc1)N1Cc2c(F)ccc(F)c2C1. The smallest absolute Gasteiger partial charge is 0.316 e. The van der Waals surface area contributed by atoms with E-state index in [0.29, 0.717) is 5.69 Å². The summed E-state index contributed by atoms with van der Waals surface area (Å²) < 4.78 is 27.6. The van der Waals surface area contributed by atoms with E-state index < -0.39 is 11.6 Å². The van der Waals surface area contributed by atoms with Gasteiger partial charge in [-0.1, -0.05) is 18.2 Å². The van der Waals surface area contributed by atoms with Crippen LogP contribution in [0.3, 0.4) is 0 Å². The Morgan fingerprint density at radius 1 is 1.00 bits per heavy atom. The van der Waals surface area contributed by atoms with Gasteiger partial charge in [0.25, 0.3) is 0 Å². The maximum absolute atomic E-state index is 13.8. The molecule has 142 valence electrons. The number of rotatable bonds is 2. The van der Waals surface area contributed by atoms with Gasteiger partial charge in [-0.2, -0.15) is 0 Å². The van der Waals surface area contributed by atoms with Crippen molar-refractivity contribution in [2.75, 3.05) is 18.4 Å². The van der Waals surface area contributed by atoms with Gasteiger partial charge in [0.15, 0.2) is 0 Å². The number of fused-ring (bicyclic) bond motifs is 1. The Balaban J connectivity index is 0.00000210. The topological polar surface area (TPSA) is 44.4 Å². The minimum absolute atomic E-state index is 0. The van der Waals surface area contributed by atoms with Crippen LogP contribution in [0, 0.1) is 11.6 Å². The quantitative estimate of drug-likeness (QED) is 0.801. The Morgan fingerprint density at radius 3 is 2.19 bits per heavy atom. The van der Waals surface area contributed by atoms with Gasteiger partial charge in [0.05, 0.1) is 13.1 Å². The first-order chi connectivity index (χ1) is 12.6. The number of amides is 2. The van der Waals surface area contributed by atoms with Gasteiger partial charge in [-0.05, 0) is 48.4 Å². The molecule has 0 unspecified atom stereocenters. The largest absolute Gasteiger partial charge is 0.322 e. The third kappa shape index (κ3) is 3.96. The van der Waals surface area contributed by atoms with Crippen LogP contribution in [0.15, 0.2) is 42.5 Å². The molecule has 27 heavy (non-hydrogen) atoms. The van der Waals surface area contributed by atoms with E-state index in [-0.39, 0.29) is 42.7 Å². The molecule has 0 bridgehead atoms. The lowest BCUT2D eigenvalue weighted by atomic mass is 10.0. The fraction of sp³-hybridized carbons (Fsp3) is 0.250. The van der Waals surface area contributed by atoms with Crippen molar-refractivity contribution in [3.63, 3.8) is 0 Å². The molecule has 0 aromatic heterocycles. The van der Waals surface area contributed by atoms with E-state index in [1.807, 2.05) is 24.3 Å². The Morgan fingerprint density at radius 2 is 1.63 bits per heavy atom. The van der Waals surface area contributed by atoms with Crippen LogP contribution >= 0.6 is 12.4 Å². The zero-order chi connectivity index (χ0) is 18.1. The highest BCUT2D eigenvalue weighted by atomic mass is 35.5. The monoisotopic (exact) mass is 391 g/mol. The molecule has 4 nitrogen and oxygen atoms in total. The third-order valence-electron chi connectivity index (χ3n) is 4.87. The number of hydrogen-bond donors (Lipinski definition) is 2. The molecule has 2 N–H and O–H groups in total. The molecule has 2 aliphatic heterocycles. The summed E-state index contributed by atoms with van der Waals surface area (Å²) in [5.74, 6) is -0.951. The Kier molecular flexibility index (Phi) is 5.77. The fourth-order valence-corrected chi connectivity index (χ4v) is 3.41. The third-order valence-corrected chi connectivity index (χ3v) is 4.87. The lowest BCUT2D eigenvalue weighted by Gasteiger charge is -2.17. The highest BCUT2D eigenvalue weighted by Gasteiger charge is 2.28. The Hall–Kier alpha value is -2.44.